The van der Waals surface area contributed by atoms with Crippen molar-refractivity contribution >= 4 is 17.6 Å². The number of hydrogen-bond donors (Lipinski definition) is 0. The molecule has 0 aliphatic carbocycles. The summed E-state index contributed by atoms with van der Waals surface area (Å²) in [5, 5.41) is 8.56. The van der Waals surface area contributed by atoms with Gasteiger partial charge in [0.2, 0.25) is 0 Å². The Morgan fingerprint density at radius 3 is 2.76 bits per heavy atom. The maximum absolute atomic E-state index is 11.2. The standard InChI is InChI=1S/C17H16N2OS/c20-12-16-11-19(18-17(16)15-8-10-21-13-15)9-4-7-14-5-2-1-3-6-14/h1-3,5-6,8,10-13H,4,7,9H2. The summed E-state index contributed by atoms with van der Waals surface area (Å²) in [6.07, 6.45) is 4.75. The molecule has 4 heteroatoms. The number of thiophene rings is 1. The van der Waals surface area contributed by atoms with Gasteiger partial charge in [0.25, 0.3) is 0 Å². The van der Waals surface area contributed by atoms with Crippen molar-refractivity contribution in [1.29, 1.82) is 0 Å². The number of aromatic nitrogens is 2. The molecule has 0 spiro atoms. The molecule has 0 amide bonds. The number of benzene rings is 1. The van der Waals surface area contributed by atoms with E-state index in [1.807, 2.05) is 33.8 Å². The predicted octanol–water partition coefficient (Wildman–Crippen LogP) is 4.06. The molecule has 0 unspecified atom stereocenters. The molecule has 0 saturated heterocycles. The van der Waals surface area contributed by atoms with Crippen LogP contribution in [0.15, 0.2) is 53.4 Å². The van der Waals surface area contributed by atoms with Crippen LogP contribution >= 0.6 is 11.3 Å². The summed E-state index contributed by atoms with van der Waals surface area (Å²) < 4.78 is 1.87. The minimum atomic E-state index is 0.660. The minimum absolute atomic E-state index is 0.660. The molecule has 0 radical (unpaired) electrons. The van der Waals surface area contributed by atoms with E-state index in [2.05, 4.69) is 29.4 Å². The normalized spacial score (nSPS) is 10.7. The van der Waals surface area contributed by atoms with E-state index in [4.69, 9.17) is 0 Å². The van der Waals surface area contributed by atoms with Crippen LogP contribution in [0.3, 0.4) is 0 Å². The SMILES string of the molecule is O=Cc1cn(CCCc2ccccc2)nc1-c1ccsc1. The molecule has 0 aliphatic rings. The number of rotatable bonds is 6. The van der Waals surface area contributed by atoms with Crippen molar-refractivity contribution in [2.24, 2.45) is 0 Å². The highest BCUT2D eigenvalue weighted by atomic mass is 32.1. The molecular weight excluding hydrogens is 280 g/mol. The van der Waals surface area contributed by atoms with E-state index < -0.39 is 0 Å². The van der Waals surface area contributed by atoms with E-state index in [-0.39, 0.29) is 0 Å². The minimum Gasteiger partial charge on any atom is -0.298 e. The zero-order valence-electron chi connectivity index (χ0n) is 11.6. The van der Waals surface area contributed by atoms with Crippen LogP contribution in [0.4, 0.5) is 0 Å². The van der Waals surface area contributed by atoms with Crippen molar-refractivity contribution in [2.45, 2.75) is 19.4 Å². The number of aldehydes is 1. The van der Waals surface area contributed by atoms with Crippen molar-refractivity contribution in [3.63, 3.8) is 0 Å². The average molecular weight is 296 g/mol. The number of carbonyl (C=O) groups is 1. The number of nitrogens with zero attached hydrogens (tertiary/aromatic N) is 2. The summed E-state index contributed by atoms with van der Waals surface area (Å²) in [4.78, 5) is 11.2. The number of hydrogen-bond acceptors (Lipinski definition) is 3. The first-order valence-corrected chi connectivity index (χ1v) is 7.90. The lowest BCUT2D eigenvalue weighted by Crippen LogP contribution is -2.00. The van der Waals surface area contributed by atoms with Crippen LogP contribution < -0.4 is 0 Å². The third kappa shape index (κ3) is 3.28. The summed E-state index contributed by atoms with van der Waals surface area (Å²) in [7, 11) is 0. The lowest BCUT2D eigenvalue weighted by molar-refractivity contribution is 0.112. The van der Waals surface area contributed by atoms with Crippen LogP contribution in [0.2, 0.25) is 0 Å². The van der Waals surface area contributed by atoms with Gasteiger partial charge in [0, 0.05) is 23.7 Å². The highest BCUT2D eigenvalue weighted by Gasteiger charge is 2.10. The molecule has 21 heavy (non-hydrogen) atoms. The topological polar surface area (TPSA) is 34.9 Å². The molecular formula is C17H16N2OS. The molecule has 0 fully saturated rings. The summed E-state index contributed by atoms with van der Waals surface area (Å²) in [6, 6.07) is 12.4. The quantitative estimate of drug-likeness (QED) is 0.643. The second-order valence-electron chi connectivity index (χ2n) is 4.92. The maximum atomic E-state index is 11.2. The summed E-state index contributed by atoms with van der Waals surface area (Å²) in [5.74, 6) is 0. The van der Waals surface area contributed by atoms with Gasteiger partial charge < -0.3 is 0 Å². The summed E-state index contributed by atoms with van der Waals surface area (Å²) in [5.41, 5.74) is 3.79. The van der Waals surface area contributed by atoms with Crippen LogP contribution in [0, 0.1) is 0 Å². The first-order valence-electron chi connectivity index (χ1n) is 6.96. The van der Waals surface area contributed by atoms with Crippen molar-refractivity contribution < 1.29 is 4.79 Å². The van der Waals surface area contributed by atoms with E-state index in [0.29, 0.717) is 5.56 Å². The van der Waals surface area contributed by atoms with Crippen molar-refractivity contribution in [1.82, 2.24) is 9.78 Å². The van der Waals surface area contributed by atoms with E-state index in [0.717, 1.165) is 36.9 Å². The summed E-state index contributed by atoms with van der Waals surface area (Å²) in [6.45, 7) is 0.819. The fourth-order valence-electron chi connectivity index (χ4n) is 2.35. The van der Waals surface area contributed by atoms with Gasteiger partial charge in [0.05, 0.1) is 5.56 Å². The molecule has 3 aromatic rings. The van der Waals surface area contributed by atoms with E-state index in [1.54, 1.807) is 11.3 Å². The van der Waals surface area contributed by atoms with Crippen molar-refractivity contribution in [3.05, 3.63) is 64.5 Å². The van der Waals surface area contributed by atoms with E-state index >= 15 is 0 Å². The van der Waals surface area contributed by atoms with Crippen LogP contribution in [-0.2, 0) is 13.0 Å². The Labute approximate surface area is 127 Å². The smallest absolute Gasteiger partial charge is 0.153 e. The van der Waals surface area contributed by atoms with Gasteiger partial charge in [-0.05, 0) is 29.9 Å². The Kier molecular flexibility index (Phi) is 4.26. The maximum Gasteiger partial charge on any atom is 0.153 e. The third-order valence-corrected chi connectivity index (χ3v) is 4.09. The molecule has 0 N–H and O–H groups in total. The number of carbonyl (C=O) groups excluding carboxylic acids is 1. The van der Waals surface area contributed by atoms with Crippen molar-refractivity contribution in [3.8, 4) is 11.3 Å². The van der Waals surface area contributed by atoms with E-state index in [9.17, 15) is 4.79 Å². The largest absolute Gasteiger partial charge is 0.298 e. The Balaban J connectivity index is 1.68. The Morgan fingerprint density at radius 1 is 1.19 bits per heavy atom. The Hall–Kier alpha value is -2.20. The van der Waals surface area contributed by atoms with Gasteiger partial charge in [-0.1, -0.05) is 30.3 Å². The molecule has 0 atom stereocenters. The zero-order valence-corrected chi connectivity index (χ0v) is 12.4. The molecule has 0 bridgehead atoms. The van der Waals surface area contributed by atoms with Crippen LogP contribution in [0.1, 0.15) is 22.3 Å². The van der Waals surface area contributed by atoms with Crippen LogP contribution in [0.25, 0.3) is 11.3 Å². The fourth-order valence-corrected chi connectivity index (χ4v) is 2.99. The summed E-state index contributed by atoms with van der Waals surface area (Å²) >= 11 is 1.61. The van der Waals surface area contributed by atoms with Crippen LogP contribution in [-0.4, -0.2) is 16.1 Å². The van der Waals surface area contributed by atoms with Gasteiger partial charge in [0.15, 0.2) is 6.29 Å². The first kappa shape index (κ1) is 13.8. The van der Waals surface area contributed by atoms with Crippen LogP contribution in [0.5, 0.6) is 0 Å². The second-order valence-corrected chi connectivity index (χ2v) is 5.70. The van der Waals surface area contributed by atoms with Gasteiger partial charge in [0.1, 0.15) is 5.69 Å². The van der Waals surface area contributed by atoms with Gasteiger partial charge in [-0.2, -0.15) is 16.4 Å². The lowest BCUT2D eigenvalue weighted by Gasteiger charge is -2.02. The molecule has 1 aromatic carbocycles. The average Bonchev–Trinajstić information content (AvgIpc) is 3.17. The molecule has 106 valence electrons. The molecule has 0 saturated carbocycles. The van der Waals surface area contributed by atoms with Crippen molar-refractivity contribution in [2.75, 3.05) is 0 Å². The van der Waals surface area contributed by atoms with Gasteiger partial charge in [-0.25, -0.2) is 0 Å². The molecule has 3 rings (SSSR count). The molecule has 0 aliphatic heterocycles. The first-order chi connectivity index (χ1) is 10.4. The Morgan fingerprint density at radius 2 is 2.05 bits per heavy atom. The molecule has 3 nitrogen and oxygen atoms in total. The van der Waals surface area contributed by atoms with Gasteiger partial charge >= 0.3 is 0 Å². The Bertz CT molecular complexity index is 702. The van der Waals surface area contributed by atoms with E-state index in [1.165, 1.54) is 5.56 Å². The zero-order chi connectivity index (χ0) is 14.5. The predicted molar refractivity (Wildman–Crippen MR) is 85.7 cm³/mol. The second kappa shape index (κ2) is 6.50. The molecule has 2 heterocycles. The lowest BCUT2D eigenvalue weighted by atomic mass is 10.1. The van der Waals surface area contributed by atoms with Gasteiger partial charge in [-0.15, -0.1) is 0 Å². The van der Waals surface area contributed by atoms with Gasteiger partial charge in [-0.3, -0.25) is 9.48 Å². The highest BCUT2D eigenvalue weighted by Crippen LogP contribution is 2.23. The highest BCUT2D eigenvalue weighted by molar-refractivity contribution is 7.08. The molecule has 2 aromatic heterocycles. The number of aryl methyl sites for hydroxylation is 2. The fraction of sp³-hybridized carbons (Fsp3) is 0.176. The third-order valence-electron chi connectivity index (χ3n) is 3.41. The monoisotopic (exact) mass is 296 g/mol.